The number of aryl methyl sites for hydroxylation is 2. The quantitative estimate of drug-likeness (QED) is 0.375. The highest BCUT2D eigenvalue weighted by atomic mass is 127. The second-order valence-corrected chi connectivity index (χ2v) is 7.12. The van der Waals surface area contributed by atoms with Crippen LogP contribution in [0.4, 0.5) is 4.39 Å². The molecule has 0 spiro atoms. The van der Waals surface area contributed by atoms with Crippen molar-refractivity contribution in [3.63, 3.8) is 0 Å². The highest BCUT2D eigenvalue weighted by Gasteiger charge is 2.15. The Labute approximate surface area is 183 Å². The SMILES string of the molecule is CN=C(NCCc1nnc2n1CCCCC2)NC(C)c1ccc(C)c(F)c1.I. The van der Waals surface area contributed by atoms with Gasteiger partial charge >= 0.3 is 0 Å². The Balaban J connectivity index is 0.00000280. The van der Waals surface area contributed by atoms with E-state index >= 15 is 0 Å². The summed E-state index contributed by atoms with van der Waals surface area (Å²) in [5, 5.41) is 15.3. The van der Waals surface area contributed by atoms with Crippen LogP contribution in [0.2, 0.25) is 0 Å². The van der Waals surface area contributed by atoms with Crippen molar-refractivity contribution in [2.45, 2.75) is 58.5 Å². The third-order valence-electron chi connectivity index (χ3n) is 5.10. The highest BCUT2D eigenvalue weighted by Crippen LogP contribution is 2.16. The van der Waals surface area contributed by atoms with Crippen LogP contribution in [0.15, 0.2) is 23.2 Å². The van der Waals surface area contributed by atoms with Crippen LogP contribution in [-0.4, -0.2) is 34.3 Å². The lowest BCUT2D eigenvalue weighted by atomic mass is 10.1. The average molecular weight is 500 g/mol. The van der Waals surface area contributed by atoms with E-state index in [-0.39, 0.29) is 35.8 Å². The minimum atomic E-state index is -0.184. The van der Waals surface area contributed by atoms with Gasteiger partial charge in [-0.2, -0.15) is 0 Å². The number of rotatable bonds is 5. The first-order valence-electron chi connectivity index (χ1n) is 9.72. The van der Waals surface area contributed by atoms with Crippen LogP contribution in [0.5, 0.6) is 0 Å². The number of aromatic nitrogens is 3. The molecule has 8 heteroatoms. The summed E-state index contributed by atoms with van der Waals surface area (Å²) >= 11 is 0. The van der Waals surface area contributed by atoms with Crippen molar-refractivity contribution < 1.29 is 4.39 Å². The lowest BCUT2D eigenvalue weighted by molar-refractivity contribution is 0.597. The second kappa shape index (κ2) is 10.7. The van der Waals surface area contributed by atoms with Gasteiger partial charge in [-0.3, -0.25) is 4.99 Å². The van der Waals surface area contributed by atoms with E-state index in [1.807, 2.05) is 13.0 Å². The van der Waals surface area contributed by atoms with Crippen LogP contribution in [0.3, 0.4) is 0 Å². The molecule has 2 heterocycles. The third kappa shape index (κ3) is 5.65. The number of nitrogens with one attached hydrogen (secondary N) is 2. The molecule has 28 heavy (non-hydrogen) atoms. The summed E-state index contributed by atoms with van der Waals surface area (Å²) in [7, 11) is 1.74. The monoisotopic (exact) mass is 500 g/mol. The Bertz CT molecular complexity index is 804. The molecule has 0 bridgehead atoms. The van der Waals surface area contributed by atoms with Gasteiger partial charge in [-0.1, -0.05) is 18.6 Å². The first kappa shape index (κ1) is 22.6. The molecule has 6 nitrogen and oxygen atoms in total. The lowest BCUT2D eigenvalue weighted by Crippen LogP contribution is -2.39. The maximum absolute atomic E-state index is 13.8. The van der Waals surface area contributed by atoms with Crippen LogP contribution in [-0.2, 0) is 19.4 Å². The number of guanidine groups is 1. The van der Waals surface area contributed by atoms with Gasteiger partial charge in [-0.15, -0.1) is 34.2 Å². The zero-order chi connectivity index (χ0) is 19.2. The van der Waals surface area contributed by atoms with E-state index in [9.17, 15) is 4.39 Å². The van der Waals surface area contributed by atoms with Crippen LogP contribution in [0.25, 0.3) is 0 Å². The van der Waals surface area contributed by atoms with Crippen LogP contribution in [0, 0.1) is 12.7 Å². The predicted molar refractivity (Wildman–Crippen MR) is 121 cm³/mol. The molecule has 0 aliphatic carbocycles. The largest absolute Gasteiger partial charge is 0.356 e. The van der Waals surface area contributed by atoms with Gasteiger partial charge < -0.3 is 15.2 Å². The Hall–Kier alpha value is -1.71. The van der Waals surface area contributed by atoms with Gasteiger partial charge in [0.15, 0.2) is 5.96 Å². The van der Waals surface area contributed by atoms with Crippen LogP contribution < -0.4 is 10.6 Å². The molecule has 0 saturated carbocycles. The Morgan fingerprint density at radius 2 is 2.11 bits per heavy atom. The van der Waals surface area contributed by atoms with Crippen molar-refractivity contribution >= 4 is 29.9 Å². The van der Waals surface area contributed by atoms with E-state index in [1.165, 1.54) is 19.3 Å². The Kier molecular flexibility index (Phi) is 8.65. The molecule has 0 fully saturated rings. The summed E-state index contributed by atoms with van der Waals surface area (Å²) < 4.78 is 16.1. The summed E-state index contributed by atoms with van der Waals surface area (Å²) in [6.07, 6.45) is 5.47. The summed E-state index contributed by atoms with van der Waals surface area (Å²) in [5.74, 6) is 2.65. The van der Waals surface area contributed by atoms with Crippen molar-refractivity contribution in [1.82, 2.24) is 25.4 Å². The van der Waals surface area contributed by atoms with Crippen molar-refractivity contribution in [1.29, 1.82) is 0 Å². The zero-order valence-electron chi connectivity index (χ0n) is 16.8. The number of hydrogen-bond acceptors (Lipinski definition) is 3. The molecular weight excluding hydrogens is 470 g/mol. The minimum Gasteiger partial charge on any atom is -0.356 e. The smallest absolute Gasteiger partial charge is 0.191 e. The molecule has 1 atom stereocenters. The molecule has 1 aromatic carbocycles. The molecule has 3 rings (SSSR count). The molecule has 2 N–H and O–H groups in total. The number of hydrogen-bond donors (Lipinski definition) is 2. The molecule has 0 saturated heterocycles. The van der Waals surface area contributed by atoms with Crippen molar-refractivity contribution in [3.05, 3.63) is 46.8 Å². The van der Waals surface area contributed by atoms with Crippen LogP contribution in [0.1, 0.15) is 55.0 Å². The second-order valence-electron chi connectivity index (χ2n) is 7.12. The van der Waals surface area contributed by atoms with E-state index in [0.717, 1.165) is 36.6 Å². The van der Waals surface area contributed by atoms with Crippen molar-refractivity contribution in [2.24, 2.45) is 4.99 Å². The van der Waals surface area contributed by atoms with Gasteiger partial charge in [0.1, 0.15) is 17.5 Å². The molecule has 0 radical (unpaired) electrons. The van der Waals surface area contributed by atoms with Gasteiger partial charge in [-0.05, 0) is 43.9 Å². The summed E-state index contributed by atoms with van der Waals surface area (Å²) in [5.41, 5.74) is 1.55. The highest BCUT2D eigenvalue weighted by molar-refractivity contribution is 14.0. The number of halogens is 2. The standard InChI is InChI=1S/C20H29FN6.HI/c1-14-8-9-16(13-17(14)21)15(2)24-20(22-3)23-11-10-19-26-25-18-7-5-4-6-12-27(18)19;/h8-9,13,15H,4-7,10-12H2,1-3H3,(H2,22,23,24);1H. The Morgan fingerprint density at radius 1 is 1.29 bits per heavy atom. The predicted octanol–water partition coefficient (Wildman–Crippen LogP) is 3.54. The number of aliphatic imine (C=N–C) groups is 1. The molecule has 1 aromatic heterocycles. The minimum absolute atomic E-state index is 0. The topological polar surface area (TPSA) is 67.1 Å². The molecule has 154 valence electrons. The number of nitrogens with zero attached hydrogens (tertiary/aromatic N) is 4. The summed E-state index contributed by atoms with van der Waals surface area (Å²) in [6, 6.07) is 5.27. The maximum Gasteiger partial charge on any atom is 0.191 e. The van der Waals surface area contributed by atoms with E-state index in [0.29, 0.717) is 18.1 Å². The van der Waals surface area contributed by atoms with E-state index in [2.05, 4.69) is 30.4 Å². The van der Waals surface area contributed by atoms with Crippen molar-refractivity contribution in [3.8, 4) is 0 Å². The summed E-state index contributed by atoms with van der Waals surface area (Å²) in [6.45, 7) is 5.49. The molecule has 1 unspecified atom stereocenters. The van der Waals surface area contributed by atoms with E-state index in [4.69, 9.17) is 0 Å². The van der Waals surface area contributed by atoms with E-state index < -0.39 is 0 Å². The number of fused-ring (bicyclic) bond motifs is 1. The fraction of sp³-hybridized carbons (Fsp3) is 0.550. The molecule has 0 amide bonds. The normalized spacial score (nSPS) is 15.2. The molecular formula is C20H30FIN6. The number of benzene rings is 1. The van der Waals surface area contributed by atoms with Crippen molar-refractivity contribution in [2.75, 3.05) is 13.6 Å². The molecule has 2 aromatic rings. The fourth-order valence-corrected chi connectivity index (χ4v) is 3.38. The molecule has 1 aliphatic rings. The first-order chi connectivity index (χ1) is 13.1. The first-order valence-corrected chi connectivity index (χ1v) is 9.72. The van der Waals surface area contributed by atoms with Gasteiger partial charge in [0.2, 0.25) is 0 Å². The van der Waals surface area contributed by atoms with Gasteiger partial charge in [0.25, 0.3) is 0 Å². The molecule has 1 aliphatic heterocycles. The lowest BCUT2D eigenvalue weighted by Gasteiger charge is -2.18. The third-order valence-corrected chi connectivity index (χ3v) is 5.10. The average Bonchev–Trinajstić information content (AvgIpc) is 2.89. The van der Waals surface area contributed by atoms with E-state index in [1.54, 1.807) is 26.1 Å². The van der Waals surface area contributed by atoms with Gasteiger partial charge in [0.05, 0.1) is 6.04 Å². The zero-order valence-corrected chi connectivity index (χ0v) is 19.2. The Morgan fingerprint density at radius 3 is 2.86 bits per heavy atom. The van der Waals surface area contributed by atoms with Gasteiger partial charge in [-0.25, -0.2) is 4.39 Å². The summed E-state index contributed by atoms with van der Waals surface area (Å²) in [4.78, 5) is 4.27. The van der Waals surface area contributed by atoms with Crippen LogP contribution >= 0.6 is 24.0 Å². The maximum atomic E-state index is 13.8. The fourth-order valence-electron chi connectivity index (χ4n) is 3.38. The van der Waals surface area contributed by atoms with Gasteiger partial charge in [0, 0.05) is 33.0 Å².